The summed E-state index contributed by atoms with van der Waals surface area (Å²) in [6.45, 7) is 3.34. The number of benzene rings is 2. The molecule has 1 heterocycles. The minimum atomic E-state index is 0.579. The van der Waals surface area contributed by atoms with Gasteiger partial charge in [0, 0.05) is 6.04 Å². The third-order valence-corrected chi connectivity index (χ3v) is 3.37. The highest BCUT2D eigenvalue weighted by Gasteiger charge is 2.20. The quantitative estimate of drug-likeness (QED) is 0.740. The van der Waals surface area contributed by atoms with Gasteiger partial charge in [0.05, 0.1) is 0 Å². The molecule has 0 aromatic heterocycles. The molecule has 0 radical (unpaired) electrons. The number of fused-ring (bicyclic) bond motifs is 1. The van der Waals surface area contributed by atoms with Crippen LogP contribution in [0.3, 0.4) is 0 Å². The van der Waals surface area contributed by atoms with Gasteiger partial charge in [-0.2, -0.15) is 0 Å². The van der Waals surface area contributed by atoms with Crippen LogP contribution in [0.25, 0.3) is 10.8 Å². The Bertz CT molecular complexity index is 498. The minimum Gasteiger partial charge on any atom is -0.310 e. The van der Waals surface area contributed by atoms with Crippen molar-refractivity contribution in [2.75, 3.05) is 6.54 Å². The Balaban J connectivity index is 2.25. The lowest BCUT2D eigenvalue weighted by atomic mass is 9.91. The molecule has 1 saturated heterocycles. The summed E-state index contributed by atoms with van der Waals surface area (Å²) in [4.78, 5) is 0. The fourth-order valence-corrected chi connectivity index (χ4v) is 2.33. The van der Waals surface area contributed by atoms with Gasteiger partial charge in [0.25, 0.3) is 0 Å². The summed E-state index contributed by atoms with van der Waals surface area (Å²) < 4.78 is 0. The predicted molar refractivity (Wildman–Crippen MR) is 64.0 cm³/mol. The normalized spacial score (nSPS) is 20.2. The molecule has 15 heavy (non-hydrogen) atoms. The van der Waals surface area contributed by atoms with Gasteiger partial charge in [-0.1, -0.05) is 36.4 Å². The summed E-state index contributed by atoms with van der Waals surface area (Å²) in [5, 5.41) is 6.28. The van der Waals surface area contributed by atoms with Gasteiger partial charge in [0.1, 0.15) is 0 Å². The van der Waals surface area contributed by atoms with Crippen LogP contribution in [0.4, 0.5) is 0 Å². The second-order valence-corrected chi connectivity index (χ2v) is 4.31. The summed E-state index contributed by atoms with van der Waals surface area (Å²) in [6.07, 6.45) is 1.27. The average molecular weight is 197 g/mol. The molecule has 2 aromatic rings. The van der Waals surface area contributed by atoms with E-state index in [0.717, 1.165) is 6.54 Å². The van der Waals surface area contributed by atoms with E-state index in [1.54, 1.807) is 0 Å². The molecule has 1 nitrogen and oxygen atoms in total. The number of hydrogen-bond acceptors (Lipinski definition) is 1. The average Bonchev–Trinajstić information content (AvgIpc) is 2.20. The number of hydrogen-bond donors (Lipinski definition) is 1. The van der Waals surface area contributed by atoms with Crippen molar-refractivity contribution in [3.05, 3.63) is 47.5 Å². The second-order valence-electron chi connectivity index (χ2n) is 4.31. The highest BCUT2D eigenvalue weighted by Crippen LogP contribution is 2.31. The van der Waals surface area contributed by atoms with Crippen LogP contribution < -0.4 is 5.32 Å². The monoisotopic (exact) mass is 197 g/mol. The molecule has 0 amide bonds. The molecule has 1 N–H and O–H groups in total. The highest BCUT2D eigenvalue weighted by molar-refractivity contribution is 5.89. The van der Waals surface area contributed by atoms with Crippen molar-refractivity contribution in [2.24, 2.45) is 0 Å². The van der Waals surface area contributed by atoms with E-state index in [0.29, 0.717) is 6.04 Å². The predicted octanol–water partition coefficient (Wildman–Crippen LogP) is 3.18. The van der Waals surface area contributed by atoms with Crippen molar-refractivity contribution in [1.82, 2.24) is 5.32 Å². The van der Waals surface area contributed by atoms with Crippen LogP contribution in [0.5, 0.6) is 0 Å². The summed E-state index contributed by atoms with van der Waals surface area (Å²) >= 11 is 0. The first-order valence-electron chi connectivity index (χ1n) is 5.58. The van der Waals surface area contributed by atoms with E-state index in [2.05, 4.69) is 48.6 Å². The molecule has 0 saturated carbocycles. The first-order chi connectivity index (χ1) is 7.36. The Morgan fingerprint density at radius 1 is 1.07 bits per heavy atom. The molecule has 3 rings (SSSR count). The topological polar surface area (TPSA) is 12.0 Å². The summed E-state index contributed by atoms with van der Waals surface area (Å²) in [7, 11) is 0. The molecule has 0 bridgehead atoms. The van der Waals surface area contributed by atoms with Gasteiger partial charge in [-0.05, 0) is 41.8 Å². The smallest absolute Gasteiger partial charge is 0.0338 e. The second kappa shape index (κ2) is 3.35. The van der Waals surface area contributed by atoms with Crippen LogP contribution in [-0.4, -0.2) is 6.54 Å². The van der Waals surface area contributed by atoms with Gasteiger partial charge in [-0.15, -0.1) is 0 Å². The van der Waals surface area contributed by atoms with Crippen LogP contribution in [0, 0.1) is 6.92 Å². The Hall–Kier alpha value is -1.34. The number of nitrogens with one attached hydrogen (secondary N) is 1. The maximum absolute atomic E-state index is 3.47. The zero-order valence-corrected chi connectivity index (χ0v) is 8.96. The van der Waals surface area contributed by atoms with E-state index in [-0.39, 0.29) is 0 Å². The molecule has 1 aliphatic heterocycles. The molecule has 76 valence electrons. The van der Waals surface area contributed by atoms with Gasteiger partial charge < -0.3 is 5.32 Å². The Morgan fingerprint density at radius 2 is 1.80 bits per heavy atom. The van der Waals surface area contributed by atoms with Gasteiger partial charge >= 0.3 is 0 Å². The lowest BCUT2D eigenvalue weighted by molar-refractivity contribution is 0.385. The number of aryl methyl sites for hydroxylation is 1. The molecule has 1 heteroatoms. The van der Waals surface area contributed by atoms with Gasteiger partial charge in [0.15, 0.2) is 0 Å². The van der Waals surface area contributed by atoms with E-state index < -0.39 is 0 Å². The first-order valence-corrected chi connectivity index (χ1v) is 5.58. The SMILES string of the molecule is Cc1ccc([C@@H]2CCN2)c2ccccc12. The van der Waals surface area contributed by atoms with Crippen molar-refractivity contribution in [3.8, 4) is 0 Å². The zero-order chi connectivity index (χ0) is 10.3. The van der Waals surface area contributed by atoms with Gasteiger partial charge in [-0.25, -0.2) is 0 Å². The Labute approximate surface area is 90.1 Å². The van der Waals surface area contributed by atoms with Crippen LogP contribution >= 0.6 is 0 Å². The summed E-state index contributed by atoms with van der Waals surface area (Å²) in [6, 6.07) is 13.8. The van der Waals surface area contributed by atoms with Gasteiger partial charge in [0.2, 0.25) is 0 Å². The molecular weight excluding hydrogens is 182 g/mol. The van der Waals surface area contributed by atoms with Crippen molar-refractivity contribution in [1.29, 1.82) is 0 Å². The van der Waals surface area contributed by atoms with E-state index in [1.807, 2.05) is 0 Å². The molecule has 1 fully saturated rings. The largest absolute Gasteiger partial charge is 0.310 e. The Kier molecular flexibility index (Phi) is 2.00. The summed E-state index contributed by atoms with van der Waals surface area (Å²) in [5.41, 5.74) is 2.83. The van der Waals surface area contributed by atoms with Crippen molar-refractivity contribution >= 4 is 10.8 Å². The molecule has 0 unspecified atom stereocenters. The minimum absolute atomic E-state index is 0.579. The fraction of sp³-hybridized carbons (Fsp3) is 0.286. The van der Waals surface area contributed by atoms with Crippen molar-refractivity contribution in [3.63, 3.8) is 0 Å². The van der Waals surface area contributed by atoms with Crippen LogP contribution in [0.2, 0.25) is 0 Å². The van der Waals surface area contributed by atoms with Crippen molar-refractivity contribution in [2.45, 2.75) is 19.4 Å². The van der Waals surface area contributed by atoms with Crippen molar-refractivity contribution < 1.29 is 0 Å². The van der Waals surface area contributed by atoms with Crippen LogP contribution in [-0.2, 0) is 0 Å². The molecule has 1 atom stereocenters. The summed E-state index contributed by atoms with van der Waals surface area (Å²) in [5.74, 6) is 0. The standard InChI is InChI=1S/C14H15N/c1-10-6-7-13(14-8-9-15-14)12-5-3-2-4-11(10)12/h2-7,14-15H,8-9H2,1H3/t14-/m0/s1. The maximum Gasteiger partial charge on any atom is 0.0338 e. The first kappa shape index (κ1) is 8.93. The maximum atomic E-state index is 3.47. The van der Waals surface area contributed by atoms with E-state index in [1.165, 1.54) is 28.3 Å². The molecule has 0 aliphatic carbocycles. The highest BCUT2D eigenvalue weighted by atomic mass is 15.0. The third kappa shape index (κ3) is 1.35. The molecule has 1 aliphatic rings. The Morgan fingerprint density at radius 3 is 2.47 bits per heavy atom. The lowest BCUT2D eigenvalue weighted by Crippen LogP contribution is -2.35. The van der Waals surface area contributed by atoms with Gasteiger partial charge in [-0.3, -0.25) is 0 Å². The van der Waals surface area contributed by atoms with E-state index in [4.69, 9.17) is 0 Å². The van der Waals surface area contributed by atoms with Crippen LogP contribution in [0.1, 0.15) is 23.6 Å². The lowest BCUT2D eigenvalue weighted by Gasteiger charge is -2.29. The zero-order valence-electron chi connectivity index (χ0n) is 8.96. The van der Waals surface area contributed by atoms with E-state index in [9.17, 15) is 0 Å². The molecule has 0 spiro atoms. The van der Waals surface area contributed by atoms with E-state index >= 15 is 0 Å². The fourth-order valence-electron chi connectivity index (χ4n) is 2.33. The van der Waals surface area contributed by atoms with Crippen LogP contribution in [0.15, 0.2) is 36.4 Å². The molecular formula is C14H15N. The number of rotatable bonds is 1. The molecule has 2 aromatic carbocycles. The third-order valence-electron chi connectivity index (χ3n) is 3.37.